The topological polar surface area (TPSA) is 54.5 Å². The fourth-order valence-corrected chi connectivity index (χ4v) is 3.59. The first-order valence-electron chi connectivity index (χ1n) is 9.92. The van der Waals surface area contributed by atoms with E-state index in [-0.39, 0.29) is 32.2 Å². The molecule has 2 heterocycles. The number of nitrogens with zero attached hydrogens (tertiary/aromatic N) is 2. The molecule has 1 aliphatic rings. The SMILES string of the molecule is CC(C)Oc1ccc(CNC(=O)C2(C(F)(F)F)CCN(Cc3ccccc3)C2)cn1. The molecule has 0 spiro atoms. The number of benzene rings is 1. The normalized spacial score (nSPS) is 19.8. The van der Waals surface area contributed by atoms with Gasteiger partial charge in [-0.1, -0.05) is 36.4 Å². The summed E-state index contributed by atoms with van der Waals surface area (Å²) >= 11 is 0. The number of hydrogen-bond acceptors (Lipinski definition) is 4. The molecule has 1 fully saturated rings. The van der Waals surface area contributed by atoms with Gasteiger partial charge in [0, 0.05) is 31.9 Å². The van der Waals surface area contributed by atoms with Gasteiger partial charge in [-0.25, -0.2) is 4.98 Å². The number of alkyl halides is 3. The summed E-state index contributed by atoms with van der Waals surface area (Å²) in [5, 5.41) is 2.47. The van der Waals surface area contributed by atoms with Crippen LogP contribution in [0.15, 0.2) is 48.7 Å². The van der Waals surface area contributed by atoms with Gasteiger partial charge in [-0.15, -0.1) is 0 Å². The van der Waals surface area contributed by atoms with Crippen LogP contribution in [-0.4, -0.2) is 41.2 Å². The standard InChI is InChI=1S/C22H26F3N3O2/c1-16(2)30-19-9-8-18(12-26-19)13-27-20(29)21(22(23,24)25)10-11-28(15-21)14-17-6-4-3-5-7-17/h3-9,12,16H,10-11,13-15H2,1-2H3,(H,27,29). The van der Waals surface area contributed by atoms with Crippen LogP contribution in [0.3, 0.4) is 0 Å². The fourth-order valence-electron chi connectivity index (χ4n) is 3.59. The monoisotopic (exact) mass is 421 g/mol. The van der Waals surface area contributed by atoms with E-state index in [2.05, 4.69) is 10.3 Å². The van der Waals surface area contributed by atoms with Crippen molar-refractivity contribution in [1.82, 2.24) is 15.2 Å². The van der Waals surface area contributed by atoms with Gasteiger partial charge in [-0.3, -0.25) is 9.69 Å². The molecule has 0 saturated carbocycles. The van der Waals surface area contributed by atoms with E-state index in [0.29, 0.717) is 18.0 Å². The van der Waals surface area contributed by atoms with Crippen molar-refractivity contribution in [2.45, 2.75) is 45.6 Å². The number of pyridine rings is 1. The van der Waals surface area contributed by atoms with E-state index in [0.717, 1.165) is 5.56 Å². The maximum absolute atomic E-state index is 14.0. The molecule has 162 valence electrons. The number of rotatable bonds is 7. The summed E-state index contributed by atoms with van der Waals surface area (Å²) < 4.78 is 47.3. The Bertz CT molecular complexity index is 841. The number of likely N-dealkylation sites (tertiary alicyclic amines) is 1. The molecule has 5 nitrogen and oxygen atoms in total. The van der Waals surface area contributed by atoms with E-state index in [1.165, 1.54) is 6.20 Å². The molecule has 3 rings (SSSR count). The fraction of sp³-hybridized carbons (Fsp3) is 0.455. The highest BCUT2D eigenvalue weighted by Crippen LogP contribution is 2.46. The second-order valence-corrected chi connectivity index (χ2v) is 7.88. The lowest BCUT2D eigenvalue weighted by Gasteiger charge is -2.30. The Morgan fingerprint density at radius 3 is 2.53 bits per heavy atom. The molecule has 1 aromatic carbocycles. The van der Waals surface area contributed by atoms with Crippen LogP contribution in [-0.2, 0) is 17.9 Å². The molecule has 30 heavy (non-hydrogen) atoms. The van der Waals surface area contributed by atoms with E-state index < -0.39 is 17.5 Å². The Morgan fingerprint density at radius 2 is 1.93 bits per heavy atom. The minimum absolute atomic E-state index is 0.0235. The number of carbonyl (C=O) groups is 1. The zero-order chi connectivity index (χ0) is 21.8. The highest BCUT2D eigenvalue weighted by molar-refractivity contribution is 5.84. The first kappa shape index (κ1) is 22.1. The molecule has 1 amide bonds. The number of halogens is 3. The summed E-state index contributed by atoms with van der Waals surface area (Å²) in [7, 11) is 0. The van der Waals surface area contributed by atoms with Gasteiger partial charge in [0.1, 0.15) is 0 Å². The predicted octanol–water partition coefficient (Wildman–Crippen LogP) is 3.94. The van der Waals surface area contributed by atoms with Crippen LogP contribution in [0.5, 0.6) is 5.88 Å². The average molecular weight is 421 g/mol. The Balaban J connectivity index is 1.65. The van der Waals surface area contributed by atoms with Crippen molar-refractivity contribution in [2.24, 2.45) is 5.41 Å². The summed E-state index contributed by atoms with van der Waals surface area (Å²) in [5.74, 6) is -0.563. The lowest BCUT2D eigenvalue weighted by Crippen LogP contribution is -2.52. The average Bonchev–Trinajstić information content (AvgIpc) is 3.13. The van der Waals surface area contributed by atoms with Crippen molar-refractivity contribution in [2.75, 3.05) is 13.1 Å². The van der Waals surface area contributed by atoms with Crippen molar-refractivity contribution < 1.29 is 22.7 Å². The second kappa shape index (κ2) is 9.04. The minimum Gasteiger partial charge on any atom is -0.475 e. The summed E-state index contributed by atoms with van der Waals surface area (Å²) in [6, 6.07) is 12.6. The van der Waals surface area contributed by atoms with E-state index in [9.17, 15) is 18.0 Å². The van der Waals surface area contributed by atoms with Gasteiger partial charge in [0.25, 0.3) is 0 Å². The molecule has 0 bridgehead atoms. The summed E-state index contributed by atoms with van der Waals surface area (Å²) in [4.78, 5) is 18.5. The van der Waals surface area contributed by atoms with Crippen molar-refractivity contribution in [3.8, 4) is 5.88 Å². The zero-order valence-electron chi connectivity index (χ0n) is 17.1. The molecular formula is C22H26F3N3O2. The second-order valence-electron chi connectivity index (χ2n) is 7.88. The van der Waals surface area contributed by atoms with Crippen LogP contribution < -0.4 is 10.1 Å². The van der Waals surface area contributed by atoms with Gasteiger partial charge in [0.05, 0.1) is 6.10 Å². The quantitative estimate of drug-likeness (QED) is 0.736. The lowest BCUT2D eigenvalue weighted by atomic mass is 9.85. The molecule has 1 aromatic heterocycles. The molecule has 1 aliphatic heterocycles. The van der Waals surface area contributed by atoms with Crippen LogP contribution >= 0.6 is 0 Å². The van der Waals surface area contributed by atoms with Gasteiger partial charge in [-0.2, -0.15) is 13.2 Å². The number of aromatic nitrogens is 1. The molecule has 0 aliphatic carbocycles. The maximum atomic E-state index is 14.0. The van der Waals surface area contributed by atoms with Crippen LogP contribution in [0.4, 0.5) is 13.2 Å². The van der Waals surface area contributed by atoms with Crippen LogP contribution in [0.25, 0.3) is 0 Å². The summed E-state index contributed by atoms with van der Waals surface area (Å²) in [6.45, 7) is 3.96. The van der Waals surface area contributed by atoms with Gasteiger partial charge >= 0.3 is 6.18 Å². The smallest absolute Gasteiger partial charge is 0.404 e. The molecule has 2 aromatic rings. The largest absolute Gasteiger partial charge is 0.475 e. The summed E-state index contributed by atoms with van der Waals surface area (Å²) in [5.41, 5.74) is -0.878. The number of amides is 1. The lowest BCUT2D eigenvalue weighted by molar-refractivity contribution is -0.218. The molecule has 1 atom stereocenters. The predicted molar refractivity (Wildman–Crippen MR) is 107 cm³/mol. The molecule has 8 heteroatoms. The van der Waals surface area contributed by atoms with Gasteiger partial charge in [-0.05, 0) is 37.9 Å². The molecule has 1 unspecified atom stereocenters. The Hall–Kier alpha value is -2.61. The number of nitrogens with one attached hydrogen (secondary N) is 1. The van der Waals surface area contributed by atoms with Crippen LogP contribution in [0.1, 0.15) is 31.4 Å². The molecule has 1 saturated heterocycles. The van der Waals surface area contributed by atoms with Crippen molar-refractivity contribution in [3.63, 3.8) is 0 Å². The third-order valence-corrected chi connectivity index (χ3v) is 5.18. The Morgan fingerprint density at radius 1 is 1.20 bits per heavy atom. The van der Waals surface area contributed by atoms with Crippen molar-refractivity contribution >= 4 is 5.91 Å². The molecular weight excluding hydrogens is 395 g/mol. The van der Waals surface area contributed by atoms with E-state index in [4.69, 9.17) is 4.74 Å². The first-order valence-corrected chi connectivity index (χ1v) is 9.92. The van der Waals surface area contributed by atoms with Crippen molar-refractivity contribution in [1.29, 1.82) is 0 Å². The van der Waals surface area contributed by atoms with Gasteiger partial charge < -0.3 is 10.1 Å². The van der Waals surface area contributed by atoms with E-state index in [1.54, 1.807) is 17.0 Å². The number of ether oxygens (including phenoxy) is 1. The van der Waals surface area contributed by atoms with Gasteiger partial charge in [0.15, 0.2) is 5.41 Å². The minimum atomic E-state index is -4.63. The van der Waals surface area contributed by atoms with Crippen molar-refractivity contribution in [3.05, 3.63) is 59.8 Å². The van der Waals surface area contributed by atoms with Crippen LogP contribution in [0, 0.1) is 5.41 Å². The molecule has 1 N–H and O–H groups in total. The van der Waals surface area contributed by atoms with Crippen LogP contribution in [0.2, 0.25) is 0 Å². The van der Waals surface area contributed by atoms with E-state index in [1.807, 2.05) is 44.2 Å². The number of carbonyl (C=O) groups excluding carboxylic acids is 1. The Labute approximate surface area is 174 Å². The van der Waals surface area contributed by atoms with E-state index >= 15 is 0 Å². The summed E-state index contributed by atoms with van der Waals surface area (Å²) in [6.07, 6.45) is -3.42. The maximum Gasteiger partial charge on any atom is 0.404 e. The highest BCUT2D eigenvalue weighted by atomic mass is 19.4. The Kier molecular flexibility index (Phi) is 6.65. The third-order valence-electron chi connectivity index (χ3n) is 5.18. The van der Waals surface area contributed by atoms with Gasteiger partial charge in [0.2, 0.25) is 11.8 Å². The first-order chi connectivity index (χ1) is 14.2. The zero-order valence-corrected chi connectivity index (χ0v) is 17.1. The highest BCUT2D eigenvalue weighted by Gasteiger charge is 2.62. The molecule has 0 radical (unpaired) electrons. The third kappa shape index (κ3) is 5.11. The number of hydrogen-bond donors (Lipinski definition) is 1.